The minimum atomic E-state index is -0.679. The molecule has 0 radical (unpaired) electrons. The van der Waals surface area contributed by atoms with Gasteiger partial charge in [0.05, 0.1) is 5.92 Å². The van der Waals surface area contributed by atoms with Crippen molar-refractivity contribution in [3.05, 3.63) is 0 Å². The smallest absolute Gasteiger partial charge is 0.317 e. The molecule has 0 saturated carbocycles. The first-order chi connectivity index (χ1) is 12.6. The molecule has 3 heterocycles. The van der Waals surface area contributed by atoms with E-state index in [1.54, 1.807) is 0 Å². The Morgan fingerprint density at radius 1 is 0.962 bits per heavy atom. The third-order valence-electron chi connectivity index (χ3n) is 6.07. The van der Waals surface area contributed by atoms with Crippen LogP contribution >= 0.6 is 0 Å². The Kier molecular flexibility index (Phi) is 7.10. The SMILES string of the molecule is O=C(O)C1CCN(CCNC(=O)N2CCN(C3CCNCC3)CC2)CC1. The van der Waals surface area contributed by atoms with Crippen LogP contribution in [0.2, 0.25) is 0 Å². The number of urea groups is 1. The van der Waals surface area contributed by atoms with Crippen molar-refractivity contribution in [2.45, 2.75) is 31.7 Å². The normalized spacial score (nSPS) is 24.5. The molecule has 3 N–H and O–H groups in total. The quantitative estimate of drug-likeness (QED) is 0.627. The predicted octanol–water partition coefficient (Wildman–Crippen LogP) is -0.138. The van der Waals surface area contributed by atoms with E-state index in [1.165, 1.54) is 12.8 Å². The number of rotatable bonds is 5. The summed E-state index contributed by atoms with van der Waals surface area (Å²) in [5.41, 5.74) is 0. The lowest BCUT2D eigenvalue weighted by molar-refractivity contribution is -0.143. The van der Waals surface area contributed by atoms with E-state index in [-0.39, 0.29) is 11.9 Å². The van der Waals surface area contributed by atoms with Crippen molar-refractivity contribution >= 4 is 12.0 Å². The number of amides is 2. The highest BCUT2D eigenvalue weighted by Gasteiger charge is 2.27. The molecule has 8 nitrogen and oxygen atoms in total. The van der Waals surface area contributed by atoms with Crippen LogP contribution in [0.25, 0.3) is 0 Å². The summed E-state index contributed by atoms with van der Waals surface area (Å²) in [6.07, 6.45) is 3.85. The van der Waals surface area contributed by atoms with Crippen molar-refractivity contribution in [2.24, 2.45) is 5.92 Å². The molecular weight excluding hydrogens is 334 g/mol. The number of piperidine rings is 2. The Balaban J connectivity index is 1.29. The molecule has 0 aromatic rings. The van der Waals surface area contributed by atoms with Gasteiger partial charge in [-0.2, -0.15) is 0 Å². The summed E-state index contributed by atoms with van der Waals surface area (Å²) in [6, 6.07) is 0.713. The van der Waals surface area contributed by atoms with Crippen molar-refractivity contribution in [2.75, 3.05) is 65.4 Å². The zero-order valence-electron chi connectivity index (χ0n) is 15.7. The minimum Gasteiger partial charge on any atom is -0.481 e. The number of aliphatic carboxylic acids is 1. The van der Waals surface area contributed by atoms with Crippen molar-refractivity contribution in [3.8, 4) is 0 Å². The van der Waals surface area contributed by atoms with E-state index in [2.05, 4.69) is 20.4 Å². The maximum atomic E-state index is 12.4. The van der Waals surface area contributed by atoms with E-state index in [4.69, 9.17) is 5.11 Å². The van der Waals surface area contributed by atoms with Crippen molar-refractivity contribution in [1.82, 2.24) is 25.3 Å². The summed E-state index contributed by atoms with van der Waals surface area (Å²) >= 11 is 0. The summed E-state index contributed by atoms with van der Waals surface area (Å²) in [7, 11) is 0. The third kappa shape index (κ3) is 5.31. The van der Waals surface area contributed by atoms with Crippen molar-refractivity contribution < 1.29 is 14.7 Å². The zero-order chi connectivity index (χ0) is 18.4. The second-order valence-corrected chi connectivity index (χ2v) is 7.69. The van der Waals surface area contributed by atoms with Crippen LogP contribution in [0.5, 0.6) is 0 Å². The molecule has 3 aliphatic heterocycles. The topological polar surface area (TPSA) is 88.1 Å². The van der Waals surface area contributed by atoms with Crippen LogP contribution in [0.15, 0.2) is 0 Å². The van der Waals surface area contributed by atoms with E-state index in [9.17, 15) is 9.59 Å². The molecule has 0 aliphatic carbocycles. The number of carboxylic acids is 1. The molecule has 26 heavy (non-hydrogen) atoms. The summed E-state index contributed by atoms with van der Waals surface area (Å²) < 4.78 is 0. The van der Waals surface area contributed by atoms with Gasteiger partial charge in [-0.1, -0.05) is 0 Å². The number of nitrogens with one attached hydrogen (secondary N) is 2. The Labute approximate surface area is 155 Å². The number of nitrogens with zero attached hydrogens (tertiary/aromatic N) is 3. The maximum absolute atomic E-state index is 12.4. The predicted molar refractivity (Wildman–Crippen MR) is 99.2 cm³/mol. The molecule has 3 saturated heterocycles. The standard InChI is InChI=1S/C18H33N5O3/c24-17(25)15-3-8-21(9-4-15)10-7-20-18(26)23-13-11-22(12-14-23)16-1-5-19-6-2-16/h15-16,19H,1-14H2,(H,20,26)(H,24,25). The lowest BCUT2D eigenvalue weighted by Crippen LogP contribution is -2.56. The molecule has 3 aliphatic rings. The van der Waals surface area contributed by atoms with E-state index in [0.717, 1.165) is 58.9 Å². The molecule has 0 spiro atoms. The first kappa shape index (κ1) is 19.4. The number of hydrogen-bond donors (Lipinski definition) is 3. The molecule has 0 aromatic heterocycles. The van der Waals surface area contributed by atoms with Crippen LogP contribution in [0.1, 0.15) is 25.7 Å². The Bertz CT molecular complexity index is 467. The first-order valence-corrected chi connectivity index (χ1v) is 10.1. The summed E-state index contributed by atoms with van der Waals surface area (Å²) in [6.45, 7) is 8.81. The average molecular weight is 367 g/mol. The van der Waals surface area contributed by atoms with Crippen LogP contribution < -0.4 is 10.6 Å². The molecule has 0 aromatic carbocycles. The van der Waals surface area contributed by atoms with Gasteiger partial charge in [0, 0.05) is 45.3 Å². The molecule has 0 unspecified atom stereocenters. The van der Waals surface area contributed by atoms with Crippen LogP contribution in [0.3, 0.4) is 0 Å². The van der Waals surface area contributed by atoms with Gasteiger partial charge in [0.2, 0.25) is 0 Å². The van der Waals surface area contributed by atoms with Crippen LogP contribution in [0, 0.1) is 5.92 Å². The first-order valence-electron chi connectivity index (χ1n) is 10.1. The van der Waals surface area contributed by atoms with Gasteiger partial charge in [-0.15, -0.1) is 0 Å². The molecule has 8 heteroatoms. The van der Waals surface area contributed by atoms with Gasteiger partial charge in [0.1, 0.15) is 0 Å². The van der Waals surface area contributed by atoms with E-state index < -0.39 is 5.97 Å². The molecule has 3 rings (SSSR count). The average Bonchev–Trinajstić information content (AvgIpc) is 2.69. The fraction of sp³-hybridized carbons (Fsp3) is 0.889. The van der Waals surface area contributed by atoms with E-state index >= 15 is 0 Å². The van der Waals surface area contributed by atoms with Crippen LogP contribution in [-0.2, 0) is 4.79 Å². The van der Waals surface area contributed by atoms with Gasteiger partial charge >= 0.3 is 12.0 Å². The molecule has 0 bridgehead atoms. The zero-order valence-corrected chi connectivity index (χ0v) is 15.7. The number of piperazine rings is 1. The fourth-order valence-electron chi connectivity index (χ4n) is 4.30. The number of likely N-dealkylation sites (tertiary alicyclic amines) is 1. The van der Waals surface area contributed by atoms with Crippen LogP contribution in [0.4, 0.5) is 4.79 Å². The summed E-state index contributed by atoms with van der Waals surface area (Å²) in [5, 5.41) is 15.5. The second-order valence-electron chi connectivity index (χ2n) is 7.69. The van der Waals surface area contributed by atoms with Gasteiger partial charge in [-0.25, -0.2) is 4.79 Å². The molecule has 0 atom stereocenters. The Hall–Kier alpha value is -1.38. The highest BCUT2D eigenvalue weighted by Crippen LogP contribution is 2.17. The summed E-state index contributed by atoms with van der Waals surface area (Å²) in [4.78, 5) is 30.0. The van der Waals surface area contributed by atoms with Gasteiger partial charge in [-0.3, -0.25) is 9.69 Å². The van der Waals surface area contributed by atoms with Gasteiger partial charge < -0.3 is 25.5 Å². The van der Waals surface area contributed by atoms with Crippen molar-refractivity contribution in [1.29, 1.82) is 0 Å². The second kappa shape index (κ2) is 9.53. The Morgan fingerprint density at radius 3 is 2.23 bits per heavy atom. The molecule has 148 valence electrons. The Morgan fingerprint density at radius 2 is 1.62 bits per heavy atom. The number of carbonyl (C=O) groups excluding carboxylic acids is 1. The maximum Gasteiger partial charge on any atom is 0.317 e. The molecular formula is C18H33N5O3. The summed E-state index contributed by atoms with van der Waals surface area (Å²) in [5.74, 6) is -0.876. The van der Waals surface area contributed by atoms with Gasteiger partial charge in [0.25, 0.3) is 0 Å². The number of carbonyl (C=O) groups is 2. The lowest BCUT2D eigenvalue weighted by Gasteiger charge is -2.40. The van der Waals surface area contributed by atoms with Crippen molar-refractivity contribution in [3.63, 3.8) is 0 Å². The largest absolute Gasteiger partial charge is 0.481 e. The third-order valence-corrected chi connectivity index (χ3v) is 6.07. The lowest BCUT2D eigenvalue weighted by atomic mass is 9.97. The highest BCUT2D eigenvalue weighted by atomic mass is 16.4. The molecule has 3 fully saturated rings. The minimum absolute atomic E-state index is 0.0374. The van der Waals surface area contributed by atoms with Gasteiger partial charge in [-0.05, 0) is 51.9 Å². The highest BCUT2D eigenvalue weighted by molar-refractivity contribution is 5.74. The van der Waals surface area contributed by atoms with E-state index in [1.807, 2.05) is 4.90 Å². The van der Waals surface area contributed by atoms with Crippen LogP contribution in [-0.4, -0.2) is 103 Å². The van der Waals surface area contributed by atoms with Gasteiger partial charge in [0.15, 0.2) is 0 Å². The fourth-order valence-corrected chi connectivity index (χ4v) is 4.30. The number of carboxylic acid groups (broad SMARTS) is 1. The monoisotopic (exact) mass is 367 g/mol. The molecule has 2 amide bonds. The van der Waals surface area contributed by atoms with E-state index in [0.29, 0.717) is 25.4 Å². The number of hydrogen-bond acceptors (Lipinski definition) is 5.